The van der Waals surface area contributed by atoms with E-state index >= 15 is 0 Å². The lowest BCUT2D eigenvalue weighted by molar-refractivity contribution is -0.167. The Kier molecular flexibility index (Phi) is 62.1. The maximum absolute atomic E-state index is 12.9. The van der Waals surface area contributed by atoms with Crippen molar-refractivity contribution in [2.75, 3.05) is 13.2 Å². The molecule has 440 valence electrons. The first-order valence-corrected chi connectivity index (χ1v) is 33.5. The first kappa shape index (κ1) is 72.6. The van der Waals surface area contributed by atoms with Crippen LogP contribution in [0.3, 0.4) is 0 Å². The zero-order valence-electron chi connectivity index (χ0n) is 50.6. The summed E-state index contributed by atoms with van der Waals surface area (Å²) in [6, 6.07) is 0. The lowest BCUT2D eigenvalue weighted by Crippen LogP contribution is -2.30. The summed E-state index contributed by atoms with van der Waals surface area (Å²) >= 11 is 0. The van der Waals surface area contributed by atoms with E-state index in [4.69, 9.17) is 14.2 Å². The van der Waals surface area contributed by atoms with Crippen molar-refractivity contribution in [3.8, 4) is 0 Å². The fourth-order valence-electron chi connectivity index (χ4n) is 10.1. The number of rotatable bonds is 62. The molecule has 0 aromatic carbocycles. The maximum Gasteiger partial charge on any atom is 0.306 e. The Bertz CT molecular complexity index is 1250. The quantitative estimate of drug-likeness (QED) is 0.0261. The molecule has 0 heterocycles. The van der Waals surface area contributed by atoms with E-state index in [2.05, 4.69) is 57.2 Å². The Morgan fingerprint density at radius 3 is 0.747 bits per heavy atom. The lowest BCUT2D eigenvalue weighted by atomic mass is 10.0. The molecule has 0 rings (SSSR count). The van der Waals surface area contributed by atoms with E-state index in [-0.39, 0.29) is 31.1 Å². The third-order valence-corrected chi connectivity index (χ3v) is 15.1. The molecule has 0 saturated heterocycles. The summed E-state index contributed by atoms with van der Waals surface area (Å²) in [4.78, 5) is 38.3. The van der Waals surface area contributed by atoms with Crippen LogP contribution in [-0.4, -0.2) is 37.2 Å². The topological polar surface area (TPSA) is 78.9 Å². The van der Waals surface area contributed by atoms with E-state index < -0.39 is 6.10 Å². The van der Waals surface area contributed by atoms with Crippen molar-refractivity contribution >= 4 is 17.9 Å². The van der Waals surface area contributed by atoms with E-state index in [1.165, 1.54) is 257 Å². The molecule has 0 fully saturated rings. The van der Waals surface area contributed by atoms with E-state index in [9.17, 15) is 14.4 Å². The van der Waals surface area contributed by atoms with Gasteiger partial charge in [-0.25, -0.2) is 0 Å². The van der Waals surface area contributed by atoms with Crippen molar-refractivity contribution in [2.45, 2.75) is 374 Å². The van der Waals surface area contributed by atoms with E-state index in [1.54, 1.807) is 0 Å². The first-order valence-electron chi connectivity index (χ1n) is 33.5. The Morgan fingerprint density at radius 1 is 0.267 bits per heavy atom. The molecular weight excluding hydrogens is 925 g/mol. The van der Waals surface area contributed by atoms with Gasteiger partial charge in [-0.1, -0.05) is 327 Å². The summed E-state index contributed by atoms with van der Waals surface area (Å²) in [6.45, 7) is 6.68. The molecule has 0 radical (unpaired) electrons. The largest absolute Gasteiger partial charge is 0.462 e. The highest BCUT2D eigenvalue weighted by Crippen LogP contribution is 2.18. The Morgan fingerprint density at radius 2 is 0.480 bits per heavy atom. The number of hydrogen-bond acceptors (Lipinski definition) is 6. The van der Waals surface area contributed by atoms with Crippen LogP contribution in [0, 0.1) is 0 Å². The molecule has 6 nitrogen and oxygen atoms in total. The van der Waals surface area contributed by atoms with Crippen LogP contribution in [0.1, 0.15) is 367 Å². The van der Waals surface area contributed by atoms with Gasteiger partial charge in [0.2, 0.25) is 0 Å². The average Bonchev–Trinajstić information content (AvgIpc) is 3.41. The molecule has 0 aliphatic rings. The molecule has 0 bridgehead atoms. The smallest absolute Gasteiger partial charge is 0.306 e. The molecule has 1 unspecified atom stereocenters. The van der Waals surface area contributed by atoms with E-state index in [0.717, 1.165) is 70.6 Å². The summed E-state index contributed by atoms with van der Waals surface area (Å²) in [7, 11) is 0. The van der Waals surface area contributed by atoms with Crippen molar-refractivity contribution in [1.29, 1.82) is 0 Å². The lowest BCUT2D eigenvalue weighted by Gasteiger charge is -2.18. The van der Waals surface area contributed by atoms with Gasteiger partial charge in [0, 0.05) is 19.3 Å². The van der Waals surface area contributed by atoms with Crippen LogP contribution in [0.5, 0.6) is 0 Å². The van der Waals surface area contributed by atoms with Crippen LogP contribution in [0.15, 0.2) is 36.5 Å². The zero-order chi connectivity index (χ0) is 54.3. The Balaban J connectivity index is 4.17. The summed E-state index contributed by atoms with van der Waals surface area (Å²) in [5, 5.41) is 0. The van der Waals surface area contributed by atoms with Gasteiger partial charge in [-0.15, -0.1) is 0 Å². The predicted octanol–water partition coefficient (Wildman–Crippen LogP) is 22.8. The molecular formula is C69H128O6. The van der Waals surface area contributed by atoms with Crippen molar-refractivity contribution in [2.24, 2.45) is 0 Å². The van der Waals surface area contributed by atoms with Gasteiger partial charge in [-0.05, 0) is 57.8 Å². The zero-order valence-corrected chi connectivity index (χ0v) is 50.6. The number of unbranched alkanes of at least 4 members (excludes halogenated alkanes) is 45. The van der Waals surface area contributed by atoms with E-state index in [1.807, 2.05) is 0 Å². The molecule has 0 N–H and O–H groups in total. The fraction of sp³-hybridized carbons (Fsp3) is 0.870. The molecule has 0 aromatic heterocycles. The third kappa shape index (κ3) is 62.4. The van der Waals surface area contributed by atoms with Crippen molar-refractivity contribution in [1.82, 2.24) is 0 Å². The van der Waals surface area contributed by atoms with Crippen LogP contribution in [0.25, 0.3) is 0 Å². The van der Waals surface area contributed by atoms with Crippen molar-refractivity contribution in [3.05, 3.63) is 36.5 Å². The highest BCUT2D eigenvalue weighted by molar-refractivity contribution is 5.71. The van der Waals surface area contributed by atoms with Gasteiger partial charge in [0.1, 0.15) is 13.2 Å². The van der Waals surface area contributed by atoms with Gasteiger partial charge in [0.25, 0.3) is 0 Å². The number of allylic oxidation sites excluding steroid dienone is 6. The minimum absolute atomic E-state index is 0.0667. The fourth-order valence-corrected chi connectivity index (χ4v) is 10.1. The van der Waals surface area contributed by atoms with Gasteiger partial charge in [-0.2, -0.15) is 0 Å². The number of carbonyl (C=O) groups excluding carboxylic acids is 3. The van der Waals surface area contributed by atoms with Gasteiger partial charge >= 0.3 is 17.9 Å². The third-order valence-electron chi connectivity index (χ3n) is 15.1. The van der Waals surface area contributed by atoms with Crippen LogP contribution < -0.4 is 0 Å². The Labute approximate surface area is 467 Å². The first-order chi connectivity index (χ1) is 37.0. The monoisotopic (exact) mass is 1050 g/mol. The number of hydrogen-bond donors (Lipinski definition) is 0. The molecule has 6 heteroatoms. The molecule has 0 aromatic rings. The molecule has 0 aliphatic heterocycles. The number of esters is 3. The molecule has 0 aliphatic carbocycles. The second-order valence-electron chi connectivity index (χ2n) is 22.7. The summed E-state index contributed by atoms with van der Waals surface area (Å²) in [5.74, 6) is -0.844. The highest BCUT2D eigenvalue weighted by Gasteiger charge is 2.19. The van der Waals surface area contributed by atoms with E-state index in [0.29, 0.717) is 19.3 Å². The summed E-state index contributed by atoms with van der Waals surface area (Å²) in [5.41, 5.74) is 0. The minimum Gasteiger partial charge on any atom is -0.462 e. The molecule has 75 heavy (non-hydrogen) atoms. The van der Waals surface area contributed by atoms with Crippen LogP contribution in [0.2, 0.25) is 0 Å². The second-order valence-corrected chi connectivity index (χ2v) is 22.7. The number of carbonyl (C=O) groups is 3. The van der Waals surface area contributed by atoms with Crippen LogP contribution in [0.4, 0.5) is 0 Å². The van der Waals surface area contributed by atoms with Crippen molar-refractivity contribution in [3.63, 3.8) is 0 Å². The van der Waals surface area contributed by atoms with Crippen molar-refractivity contribution < 1.29 is 28.6 Å². The normalized spacial score (nSPS) is 12.2. The standard InChI is InChI=1S/C69H128O6/c1-4-7-10-13-16-19-22-24-26-28-30-32-33-34-35-36-37-38-40-41-43-45-47-50-53-56-59-62-68(71)74-65-66(64-73-67(70)61-58-55-52-49-21-18-15-12-9-6-3)75-69(72)63-60-57-54-51-48-46-44-42-39-31-29-27-25-23-20-17-14-11-8-5-2/h22,24,28,30,33-34,66H,4-21,23,25-27,29,31-32,35-65H2,1-3H3/b24-22-,30-28-,34-33-. The number of ether oxygens (including phenoxy) is 3. The maximum atomic E-state index is 12.9. The summed E-state index contributed by atoms with van der Waals surface area (Å²) < 4.78 is 16.9. The molecule has 0 spiro atoms. The molecule has 0 amide bonds. The van der Waals surface area contributed by atoms with Gasteiger partial charge in [0.05, 0.1) is 0 Å². The molecule has 0 saturated carbocycles. The average molecular weight is 1050 g/mol. The predicted molar refractivity (Wildman–Crippen MR) is 326 cm³/mol. The van der Waals surface area contributed by atoms with Gasteiger partial charge in [-0.3, -0.25) is 14.4 Å². The molecule has 1 atom stereocenters. The second kappa shape index (κ2) is 64.2. The van der Waals surface area contributed by atoms with Gasteiger partial charge < -0.3 is 14.2 Å². The SMILES string of the molecule is CCCCCCC/C=C\C/C=C\C/C=C\CCCCCCCCCCCCCCC(=O)OCC(COC(=O)CCCCCCCCCCCC)OC(=O)CCCCCCCCCCCCCCCCCCCCCC. The van der Waals surface area contributed by atoms with Crippen LogP contribution in [-0.2, 0) is 28.6 Å². The highest BCUT2D eigenvalue weighted by atomic mass is 16.6. The van der Waals surface area contributed by atoms with Gasteiger partial charge in [0.15, 0.2) is 6.10 Å². The minimum atomic E-state index is -0.768. The Hall–Kier alpha value is -2.37. The summed E-state index contributed by atoms with van der Waals surface area (Å²) in [6.07, 6.45) is 78.8. The van der Waals surface area contributed by atoms with Crippen LogP contribution >= 0.6 is 0 Å².